The maximum Gasteiger partial charge on any atom is 0.230 e. The van der Waals surface area contributed by atoms with Gasteiger partial charge in [0.05, 0.1) is 23.4 Å². The molecule has 0 aliphatic rings. The fourth-order valence-corrected chi connectivity index (χ4v) is 3.26. The van der Waals surface area contributed by atoms with E-state index in [0.717, 1.165) is 17.5 Å². The summed E-state index contributed by atoms with van der Waals surface area (Å²) in [6, 6.07) is 18.0. The van der Waals surface area contributed by atoms with Crippen molar-refractivity contribution in [2.45, 2.75) is 32.1 Å². The average Bonchev–Trinajstić information content (AvgIpc) is 2.62. The first-order valence-electron chi connectivity index (χ1n) is 8.08. The van der Waals surface area contributed by atoms with Crippen molar-refractivity contribution in [3.63, 3.8) is 0 Å². The van der Waals surface area contributed by atoms with Gasteiger partial charge in [-0.3, -0.25) is 4.79 Å². The predicted molar refractivity (Wildman–Crippen MR) is 99.7 cm³/mol. The van der Waals surface area contributed by atoms with Crippen LogP contribution >= 0.6 is 11.8 Å². The minimum atomic E-state index is -0.00426. The molecule has 0 saturated carbocycles. The maximum atomic E-state index is 12.1. The van der Waals surface area contributed by atoms with Crippen LogP contribution in [0.3, 0.4) is 0 Å². The molecule has 2 rings (SSSR count). The van der Waals surface area contributed by atoms with Gasteiger partial charge in [0, 0.05) is 5.75 Å². The van der Waals surface area contributed by atoms with E-state index in [2.05, 4.69) is 42.6 Å². The van der Waals surface area contributed by atoms with Crippen LogP contribution in [0.15, 0.2) is 48.5 Å². The second-order valence-electron chi connectivity index (χ2n) is 5.65. The van der Waals surface area contributed by atoms with Crippen LogP contribution in [0.5, 0.6) is 0 Å². The summed E-state index contributed by atoms with van der Waals surface area (Å²) in [7, 11) is 0. The molecule has 0 unspecified atom stereocenters. The predicted octanol–water partition coefficient (Wildman–Crippen LogP) is 4.23. The first-order valence-corrected chi connectivity index (χ1v) is 9.23. The second-order valence-corrected chi connectivity index (χ2v) is 6.63. The third-order valence-corrected chi connectivity index (χ3v) is 4.88. The van der Waals surface area contributed by atoms with Crippen LogP contribution in [-0.2, 0) is 17.0 Å². The molecule has 2 aromatic rings. The average molecular weight is 338 g/mol. The fraction of sp³-hybridized carbons (Fsp3) is 0.300. The molecule has 1 N–H and O–H groups in total. The lowest BCUT2D eigenvalue weighted by Crippen LogP contribution is -2.28. The van der Waals surface area contributed by atoms with Gasteiger partial charge in [0.1, 0.15) is 0 Å². The Hall–Kier alpha value is -2.25. The van der Waals surface area contributed by atoms with Crippen molar-refractivity contribution in [3.05, 3.63) is 70.8 Å². The van der Waals surface area contributed by atoms with Gasteiger partial charge in [-0.15, -0.1) is 11.8 Å². The summed E-state index contributed by atoms with van der Waals surface area (Å²) in [5.41, 5.74) is 4.06. The summed E-state index contributed by atoms with van der Waals surface area (Å²) in [4.78, 5) is 12.1. The van der Waals surface area contributed by atoms with Gasteiger partial charge in [-0.2, -0.15) is 5.26 Å². The summed E-state index contributed by atoms with van der Waals surface area (Å²) < 4.78 is 0. The van der Waals surface area contributed by atoms with Crippen molar-refractivity contribution >= 4 is 17.7 Å². The number of hydrogen-bond acceptors (Lipinski definition) is 3. The smallest absolute Gasteiger partial charge is 0.230 e. The Morgan fingerprint density at radius 1 is 1.21 bits per heavy atom. The lowest BCUT2D eigenvalue weighted by atomic mass is 10.1. The number of hydrogen-bond donors (Lipinski definition) is 1. The Morgan fingerprint density at radius 2 is 1.92 bits per heavy atom. The minimum Gasteiger partial charge on any atom is -0.349 e. The largest absolute Gasteiger partial charge is 0.349 e. The lowest BCUT2D eigenvalue weighted by molar-refractivity contribution is -0.119. The van der Waals surface area contributed by atoms with Crippen LogP contribution in [0.25, 0.3) is 0 Å². The monoisotopic (exact) mass is 338 g/mol. The highest BCUT2D eigenvalue weighted by Crippen LogP contribution is 2.17. The summed E-state index contributed by atoms with van der Waals surface area (Å²) in [5, 5.41) is 12.1. The van der Waals surface area contributed by atoms with Crippen molar-refractivity contribution in [3.8, 4) is 6.07 Å². The van der Waals surface area contributed by atoms with Crippen LogP contribution < -0.4 is 5.32 Å². The topological polar surface area (TPSA) is 52.9 Å². The SMILES string of the molecule is CCc1ccc([C@H](C)NC(=O)CSCc2ccccc2C#N)cc1. The Kier molecular flexibility index (Phi) is 6.89. The third-order valence-electron chi connectivity index (χ3n) is 3.89. The zero-order valence-corrected chi connectivity index (χ0v) is 14.9. The number of amides is 1. The quantitative estimate of drug-likeness (QED) is 0.822. The molecule has 0 spiro atoms. The van der Waals surface area contributed by atoms with Crippen LogP contribution in [0.1, 0.15) is 42.1 Å². The molecule has 1 amide bonds. The normalized spacial score (nSPS) is 11.5. The molecule has 124 valence electrons. The summed E-state index contributed by atoms with van der Waals surface area (Å²) >= 11 is 1.52. The molecule has 0 heterocycles. The maximum absolute atomic E-state index is 12.1. The lowest BCUT2D eigenvalue weighted by Gasteiger charge is -2.15. The zero-order valence-electron chi connectivity index (χ0n) is 14.1. The van der Waals surface area contributed by atoms with Gasteiger partial charge in [0.15, 0.2) is 0 Å². The first-order chi connectivity index (χ1) is 11.6. The van der Waals surface area contributed by atoms with Gasteiger partial charge in [0.2, 0.25) is 5.91 Å². The molecule has 0 aromatic heterocycles. The van der Waals surface area contributed by atoms with E-state index in [1.807, 2.05) is 25.1 Å². The van der Waals surface area contributed by atoms with Gasteiger partial charge in [-0.25, -0.2) is 0 Å². The minimum absolute atomic E-state index is 0.00426. The number of aryl methyl sites for hydroxylation is 1. The number of carbonyl (C=O) groups excluding carboxylic acids is 1. The standard InChI is InChI=1S/C20H22N2OS/c1-3-16-8-10-17(11-9-16)15(2)22-20(23)14-24-13-19-7-5-4-6-18(19)12-21/h4-11,15H,3,13-14H2,1-2H3,(H,22,23)/t15-/m0/s1. The Bertz CT molecular complexity index is 719. The van der Waals surface area contributed by atoms with Crippen molar-refractivity contribution < 1.29 is 4.79 Å². The van der Waals surface area contributed by atoms with Crippen molar-refractivity contribution in [1.29, 1.82) is 5.26 Å². The Balaban J connectivity index is 1.81. The molecule has 24 heavy (non-hydrogen) atoms. The van der Waals surface area contributed by atoms with Gasteiger partial charge < -0.3 is 5.32 Å². The van der Waals surface area contributed by atoms with Gasteiger partial charge in [-0.1, -0.05) is 49.4 Å². The molecule has 0 bridgehead atoms. The molecule has 0 fully saturated rings. The number of carbonyl (C=O) groups is 1. The number of nitrogens with one attached hydrogen (secondary N) is 1. The van der Waals surface area contributed by atoms with Crippen molar-refractivity contribution in [1.82, 2.24) is 5.32 Å². The van der Waals surface area contributed by atoms with Crippen molar-refractivity contribution in [2.75, 3.05) is 5.75 Å². The highest BCUT2D eigenvalue weighted by atomic mass is 32.2. The Labute approximate surface area is 148 Å². The highest BCUT2D eigenvalue weighted by molar-refractivity contribution is 7.99. The molecule has 1 atom stereocenters. The second kappa shape index (κ2) is 9.14. The van der Waals surface area contributed by atoms with Gasteiger partial charge in [0.25, 0.3) is 0 Å². The Morgan fingerprint density at radius 3 is 2.58 bits per heavy atom. The number of thioether (sulfide) groups is 1. The molecule has 4 heteroatoms. The van der Waals surface area contributed by atoms with E-state index in [1.165, 1.54) is 17.3 Å². The van der Waals surface area contributed by atoms with E-state index in [9.17, 15) is 4.79 Å². The summed E-state index contributed by atoms with van der Waals surface area (Å²) in [5.74, 6) is 1.06. The molecular weight excluding hydrogens is 316 g/mol. The van der Waals surface area contributed by atoms with Crippen molar-refractivity contribution in [2.24, 2.45) is 0 Å². The van der Waals surface area contributed by atoms with Crippen LogP contribution in [0, 0.1) is 11.3 Å². The number of rotatable bonds is 7. The van der Waals surface area contributed by atoms with Crippen LogP contribution in [0.2, 0.25) is 0 Å². The molecular formula is C20H22N2OS. The third kappa shape index (κ3) is 5.14. The van der Waals surface area contributed by atoms with E-state index in [0.29, 0.717) is 17.1 Å². The highest BCUT2D eigenvalue weighted by Gasteiger charge is 2.10. The first kappa shape index (κ1) is 18.1. The van der Waals surface area contributed by atoms with E-state index >= 15 is 0 Å². The fourth-order valence-electron chi connectivity index (χ4n) is 2.42. The summed E-state index contributed by atoms with van der Waals surface area (Å²) in [6.45, 7) is 4.12. The zero-order chi connectivity index (χ0) is 17.4. The van der Waals surface area contributed by atoms with Crippen LogP contribution in [0.4, 0.5) is 0 Å². The molecule has 3 nitrogen and oxygen atoms in total. The van der Waals surface area contributed by atoms with E-state index in [1.54, 1.807) is 6.07 Å². The number of benzene rings is 2. The van der Waals surface area contributed by atoms with Gasteiger partial charge in [-0.05, 0) is 36.1 Å². The van der Waals surface area contributed by atoms with Gasteiger partial charge >= 0.3 is 0 Å². The van der Waals surface area contributed by atoms with E-state index < -0.39 is 0 Å². The van der Waals surface area contributed by atoms with E-state index in [-0.39, 0.29) is 11.9 Å². The van der Waals surface area contributed by atoms with Crippen LogP contribution in [-0.4, -0.2) is 11.7 Å². The molecule has 0 radical (unpaired) electrons. The molecule has 0 saturated heterocycles. The van der Waals surface area contributed by atoms with E-state index in [4.69, 9.17) is 5.26 Å². The number of nitriles is 1. The molecule has 0 aliphatic heterocycles. The molecule has 2 aromatic carbocycles. The summed E-state index contributed by atoms with van der Waals surface area (Å²) in [6.07, 6.45) is 1.02. The molecule has 0 aliphatic carbocycles. The number of nitrogens with zero attached hydrogens (tertiary/aromatic N) is 1.